The fourth-order valence-corrected chi connectivity index (χ4v) is 1.02. The van der Waals surface area contributed by atoms with Crippen molar-refractivity contribution in [2.75, 3.05) is 7.11 Å². The molecule has 1 aromatic heterocycles. The third kappa shape index (κ3) is 1.78. The molecule has 1 heterocycles. The summed E-state index contributed by atoms with van der Waals surface area (Å²) in [6, 6.07) is 3.62. The molecule has 0 radical (unpaired) electrons. The van der Waals surface area contributed by atoms with Crippen LogP contribution in [-0.2, 0) is 0 Å². The number of aromatic nitrogens is 1. The van der Waals surface area contributed by atoms with Gasteiger partial charge in [0, 0.05) is 11.0 Å². The summed E-state index contributed by atoms with van der Waals surface area (Å²) < 4.78 is 4.90. The maximum Gasteiger partial charge on any atom is 0.137 e. The molecule has 0 unspecified atom stereocenters. The molecule has 0 atom stereocenters. The number of rotatable bonds is 2. The molecule has 0 fully saturated rings. The van der Waals surface area contributed by atoms with Crippen LogP contribution < -0.4 is 4.74 Å². The summed E-state index contributed by atoms with van der Waals surface area (Å²) in [5, 5.41) is 0.780. The van der Waals surface area contributed by atoms with E-state index in [1.54, 1.807) is 19.4 Å². The van der Waals surface area contributed by atoms with Gasteiger partial charge in [-0.3, -0.25) is 0 Å². The summed E-state index contributed by atoms with van der Waals surface area (Å²) in [5.74, 6) is 0.745. The SMILES string of the molecule is COc1ccc(SCl)nc1. The molecule has 54 valence electrons. The quantitative estimate of drug-likeness (QED) is 0.689. The highest BCUT2D eigenvalue weighted by atomic mass is 35.7. The molecule has 0 N–H and O–H groups in total. The van der Waals surface area contributed by atoms with Crippen LogP contribution >= 0.6 is 21.7 Å². The fraction of sp³-hybridized carbons (Fsp3) is 0.167. The third-order valence-electron chi connectivity index (χ3n) is 1.02. The summed E-state index contributed by atoms with van der Waals surface area (Å²) in [4.78, 5) is 3.97. The van der Waals surface area contributed by atoms with Crippen LogP contribution in [0.15, 0.2) is 23.4 Å². The van der Waals surface area contributed by atoms with Gasteiger partial charge in [0.25, 0.3) is 0 Å². The van der Waals surface area contributed by atoms with Gasteiger partial charge in [0.1, 0.15) is 10.8 Å². The van der Waals surface area contributed by atoms with Crippen LogP contribution in [0.4, 0.5) is 0 Å². The Morgan fingerprint density at radius 2 is 2.40 bits per heavy atom. The zero-order valence-corrected chi connectivity index (χ0v) is 6.95. The van der Waals surface area contributed by atoms with Crippen LogP contribution in [0.25, 0.3) is 0 Å². The highest BCUT2D eigenvalue weighted by molar-refractivity contribution is 8.21. The fourth-order valence-electron chi connectivity index (χ4n) is 0.533. The Labute approximate surface area is 68.1 Å². The minimum absolute atomic E-state index is 0.745. The summed E-state index contributed by atoms with van der Waals surface area (Å²) in [6.07, 6.45) is 1.63. The summed E-state index contributed by atoms with van der Waals surface area (Å²) >= 11 is 0. The Hall–Kier alpha value is -0.410. The Morgan fingerprint density at radius 3 is 2.80 bits per heavy atom. The van der Waals surface area contributed by atoms with Crippen molar-refractivity contribution in [1.82, 2.24) is 4.98 Å². The highest BCUT2D eigenvalue weighted by Crippen LogP contribution is 2.20. The molecule has 2 nitrogen and oxygen atoms in total. The maximum atomic E-state index is 5.44. The Kier molecular flexibility index (Phi) is 2.83. The first kappa shape index (κ1) is 7.69. The molecule has 0 saturated heterocycles. The number of nitrogens with zero attached hydrogens (tertiary/aromatic N) is 1. The second-order valence-corrected chi connectivity index (χ2v) is 2.65. The van der Waals surface area contributed by atoms with Gasteiger partial charge in [0.15, 0.2) is 0 Å². The van der Waals surface area contributed by atoms with Crippen LogP contribution in [-0.4, -0.2) is 12.1 Å². The van der Waals surface area contributed by atoms with E-state index in [-0.39, 0.29) is 0 Å². The van der Waals surface area contributed by atoms with Crippen molar-refractivity contribution >= 4 is 21.7 Å². The number of ether oxygens (including phenoxy) is 1. The van der Waals surface area contributed by atoms with Crippen molar-refractivity contribution in [3.63, 3.8) is 0 Å². The van der Waals surface area contributed by atoms with Crippen molar-refractivity contribution < 1.29 is 4.74 Å². The first-order valence-electron chi connectivity index (χ1n) is 2.65. The molecular weight excluding hydrogens is 170 g/mol. The number of halogens is 1. The van der Waals surface area contributed by atoms with Gasteiger partial charge in [-0.15, -0.1) is 0 Å². The first-order valence-corrected chi connectivity index (χ1v) is 4.29. The van der Waals surface area contributed by atoms with Gasteiger partial charge in [-0.1, -0.05) is 0 Å². The largest absolute Gasteiger partial charge is 0.495 e. The van der Waals surface area contributed by atoms with E-state index in [1.807, 2.05) is 6.07 Å². The number of pyridine rings is 1. The lowest BCUT2D eigenvalue weighted by atomic mass is 10.5. The predicted octanol–water partition coefficient (Wildman–Crippen LogP) is 2.34. The van der Waals surface area contributed by atoms with Gasteiger partial charge < -0.3 is 4.74 Å². The van der Waals surface area contributed by atoms with Crippen molar-refractivity contribution in [2.24, 2.45) is 0 Å². The molecule has 0 bridgehead atoms. The monoisotopic (exact) mass is 175 g/mol. The highest BCUT2D eigenvalue weighted by Gasteiger charge is 1.92. The van der Waals surface area contributed by atoms with Crippen molar-refractivity contribution in [1.29, 1.82) is 0 Å². The Morgan fingerprint density at radius 1 is 1.60 bits per heavy atom. The predicted molar refractivity (Wildman–Crippen MR) is 42.5 cm³/mol. The van der Waals surface area contributed by atoms with Crippen LogP contribution in [0.3, 0.4) is 0 Å². The van der Waals surface area contributed by atoms with Gasteiger partial charge in [-0.25, -0.2) is 4.98 Å². The molecule has 1 rings (SSSR count). The van der Waals surface area contributed by atoms with Crippen LogP contribution in [0, 0.1) is 0 Å². The van der Waals surface area contributed by atoms with Gasteiger partial charge in [-0.2, -0.15) is 0 Å². The zero-order valence-electron chi connectivity index (χ0n) is 5.37. The van der Waals surface area contributed by atoms with Crippen LogP contribution in [0.5, 0.6) is 5.75 Å². The molecule has 0 saturated carbocycles. The van der Waals surface area contributed by atoms with Crippen molar-refractivity contribution in [2.45, 2.75) is 5.03 Å². The summed E-state index contributed by atoms with van der Waals surface area (Å²) in [7, 11) is 8.13. The second-order valence-electron chi connectivity index (χ2n) is 1.61. The van der Waals surface area contributed by atoms with E-state index in [2.05, 4.69) is 4.98 Å². The van der Waals surface area contributed by atoms with E-state index in [0.717, 1.165) is 21.8 Å². The van der Waals surface area contributed by atoms with Gasteiger partial charge in [0.05, 0.1) is 13.3 Å². The van der Waals surface area contributed by atoms with E-state index in [4.69, 9.17) is 15.4 Å². The lowest BCUT2D eigenvalue weighted by molar-refractivity contribution is 0.412. The first-order chi connectivity index (χ1) is 4.86. The normalized spacial score (nSPS) is 9.40. The van der Waals surface area contributed by atoms with E-state index >= 15 is 0 Å². The van der Waals surface area contributed by atoms with Gasteiger partial charge >= 0.3 is 0 Å². The zero-order chi connectivity index (χ0) is 7.40. The van der Waals surface area contributed by atoms with Crippen LogP contribution in [0.1, 0.15) is 0 Å². The Bertz CT molecular complexity index is 178. The van der Waals surface area contributed by atoms with E-state index in [0.29, 0.717) is 0 Å². The summed E-state index contributed by atoms with van der Waals surface area (Å²) in [5.41, 5.74) is 0. The van der Waals surface area contributed by atoms with Crippen LogP contribution in [0.2, 0.25) is 0 Å². The average molecular weight is 176 g/mol. The number of hydrogen-bond acceptors (Lipinski definition) is 3. The van der Waals surface area contributed by atoms with E-state index < -0.39 is 0 Å². The second kappa shape index (κ2) is 3.68. The molecule has 0 aliphatic carbocycles. The number of methoxy groups -OCH3 is 1. The molecule has 0 amide bonds. The number of hydrogen-bond donors (Lipinski definition) is 0. The molecule has 10 heavy (non-hydrogen) atoms. The molecule has 0 aliphatic heterocycles. The molecule has 0 aromatic carbocycles. The van der Waals surface area contributed by atoms with E-state index in [9.17, 15) is 0 Å². The smallest absolute Gasteiger partial charge is 0.137 e. The lowest BCUT2D eigenvalue weighted by Crippen LogP contribution is -1.83. The van der Waals surface area contributed by atoms with Gasteiger partial charge in [0.2, 0.25) is 0 Å². The van der Waals surface area contributed by atoms with Crippen molar-refractivity contribution in [3.8, 4) is 5.75 Å². The minimum atomic E-state index is 0.745. The molecule has 0 aliphatic rings. The third-order valence-corrected chi connectivity index (χ3v) is 1.90. The van der Waals surface area contributed by atoms with Crippen molar-refractivity contribution in [3.05, 3.63) is 18.3 Å². The molecule has 4 heteroatoms. The minimum Gasteiger partial charge on any atom is -0.495 e. The van der Waals surface area contributed by atoms with E-state index in [1.165, 1.54) is 0 Å². The Balaban J connectivity index is 2.80. The molecular formula is C6H6ClNOS. The lowest BCUT2D eigenvalue weighted by Gasteiger charge is -1.97. The standard InChI is InChI=1S/C6H6ClNOS/c1-9-5-2-3-6(10-7)8-4-5/h2-4H,1H3. The molecule has 1 aromatic rings. The molecule has 0 spiro atoms. The maximum absolute atomic E-state index is 5.44. The van der Waals surface area contributed by atoms with Gasteiger partial charge in [-0.05, 0) is 22.8 Å². The summed E-state index contributed by atoms with van der Waals surface area (Å²) in [6.45, 7) is 0. The average Bonchev–Trinajstić information content (AvgIpc) is 2.05. The topological polar surface area (TPSA) is 22.1 Å².